The lowest BCUT2D eigenvalue weighted by Crippen LogP contribution is -2.32. The Hall–Kier alpha value is -2.67. The summed E-state index contributed by atoms with van der Waals surface area (Å²) >= 11 is 0. The molecule has 1 aromatic heterocycles. The lowest BCUT2D eigenvalue weighted by molar-refractivity contribution is 0.100. The molecule has 7 heteroatoms. The van der Waals surface area contributed by atoms with Gasteiger partial charge in [0.1, 0.15) is 11.4 Å². The molecule has 23 heavy (non-hydrogen) atoms. The first kappa shape index (κ1) is 15.2. The fraction of sp³-hybridized carbons (Fsp3) is 0.312. The Kier molecular flexibility index (Phi) is 3.87. The number of amides is 1. The van der Waals surface area contributed by atoms with Crippen LogP contribution in [0, 0.1) is 6.92 Å². The highest BCUT2D eigenvalue weighted by Gasteiger charge is 2.42. The summed E-state index contributed by atoms with van der Waals surface area (Å²) < 4.78 is 0. The normalized spacial score (nSPS) is 15.0. The van der Waals surface area contributed by atoms with Crippen molar-refractivity contribution in [2.75, 3.05) is 17.2 Å². The molecule has 1 saturated carbocycles. The van der Waals surface area contributed by atoms with Gasteiger partial charge < -0.3 is 22.1 Å². The van der Waals surface area contributed by atoms with Crippen molar-refractivity contribution in [2.45, 2.75) is 25.3 Å². The van der Waals surface area contributed by atoms with E-state index in [-0.39, 0.29) is 11.1 Å². The Morgan fingerprint density at radius 1 is 1.39 bits per heavy atom. The highest BCUT2D eigenvalue weighted by molar-refractivity contribution is 5.98. The summed E-state index contributed by atoms with van der Waals surface area (Å²) in [4.78, 5) is 20.2. The van der Waals surface area contributed by atoms with E-state index in [1.165, 1.54) is 6.20 Å². The van der Waals surface area contributed by atoms with Gasteiger partial charge in [-0.15, -0.1) is 0 Å². The molecule has 1 aliphatic carbocycles. The molecule has 1 heterocycles. The van der Waals surface area contributed by atoms with E-state index in [1.807, 2.05) is 31.2 Å². The zero-order valence-corrected chi connectivity index (χ0v) is 13.0. The first-order valence-electron chi connectivity index (χ1n) is 7.50. The molecule has 1 aliphatic rings. The van der Waals surface area contributed by atoms with E-state index in [0.717, 1.165) is 24.1 Å². The molecule has 0 spiro atoms. The summed E-state index contributed by atoms with van der Waals surface area (Å²) in [7, 11) is 0. The second kappa shape index (κ2) is 5.85. The van der Waals surface area contributed by atoms with Gasteiger partial charge in [-0.2, -0.15) is 4.98 Å². The molecule has 1 fully saturated rings. The minimum atomic E-state index is -0.577. The Morgan fingerprint density at radius 3 is 2.78 bits per heavy atom. The number of nitrogens with two attached hydrogens (primary N) is 2. The fourth-order valence-corrected chi connectivity index (χ4v) is 2.35. The van der Waals surface area contributed by atoms with E-state index in [0.29, 0.717) is 18.3 Å². The highest BCUT2D eigenvalue weighted by Crippen LogP contribution is 2.37. The molecule has 2 aromatic rings. The quantitative estimate of drug-likeness (QED) is 0.642. The maximum absolute atomic E-state index is 11.6. The maximum atomic E-state index is 11.6. The summed E-state index contributed by atoms with van der Waals surface area (Å²) in [6, 6.07) is 7.78. The van der Waals surface area contributed by atoms with Crippen molar-refractivity contribution in [3.05, 3.63) is 41.6 Å². The van der Waals surface area contributed by atoms with Crippen LogP contribution in [0.15, 0.2) is 30.5 Å². The third kappa shape index (κ3) is 3.40. The standard InChI is InChI=1S/C16H20N6O/c1-10-3-2-4-11(7-10)20-14-12(13(18)23)8-19-15(21-14)22-16(9-17)5-6-16/h2-4,7-8H,5-6,9,17H2,1H3,(H2,18,23)(H2,19,20,21,22). The van der Waals surface area contributed by atoms with E-state index < -0.39 is 5.91 Å². The second-order valence-corrected chi connectivity index (χ2v) is 5.92. The Bertz CT molecular complexity index is 741. The summed E-state index contributed by atoms with van der Waals surface area (Å²) in [5.74, 6) is 0.244. The van der Waals surface area contributed by atoms with E-state index in [4.69, 9.17) is 11.5 Å². The number of hydrogen-bond donors (Lipinski definition) is 4. The lowest BCUT2D eigenvalue weighted by Gasteiger charge is -2.16. The van der Waals surface area contributed by atoms with E-state index >= 15 is 0 Å². The van der Waals surface area contributed by atoms with E-state index in [9.17, 15) is 4.79 Å². The summed E-state index contributed by atoms with van der Waals surface area (Å²) in [5.41, 5.74) is 13.2. The van der Waals surface area contributed by atoms with Crippen molar-refractivity contribution in [3.8, 4) is 0 Å². The predicted octanol–water partition coefficient (Wildman–Crippen LogP) is 1.53. The number of aryl methyl sites for hydroxylation is 1. The molecule has 7 nitrogen and oxygen atoms in total. The molecule has 0 unspecified atom stereocenters. The summed E-state index contributed by atoms with van der Waals surface area (Å²) in [5, 5.41) is 6.38. The Labute approximate surface area is 134 Å². The first-order valence-corrected chi connectivity index (χ1v) is 7.50. The van der Waals surface area contributed by atoms with Crippen LogP contribution in [0.2, 0.25) is 0 Å². The van der Waals surface area contributed by atoms with Crippen molar-refractivity contribution in [3.63, 3.8) is 0 Å². The number of hydrogen-bond acceptors (Lipinski definition) is 6. The van der Waals surface area contributed by atoms with Gasteiger partial charge in [0.25, 0.3) is 5.91 Å². The first-order chi connectivity index (χ1) is 11.0. The maximum Gasteiger partial charge on any atom is 0.254 e. The van der Waals surface area contributed by atoms with E-state index in [1.54, 1.807) is 0 Å². The van der Waals surface area contributed by atoms with Gasteiger partial charge in [0.2, 0.25) is 5.95 Å². The molecule has 0 saturated heterocycles. The van der Waals surface area contributed by atoms with Crippen LogP contribution < -0.4 is 22.1 Å². The average Bonchev–Trinajstić information content (AvgIpc) is 3.27. The largest absolute Gasteiger partial charge is 0.365 e. The molecular weight excluding hydrogens is 292 g/mol. The highest BCUT2D eigenvalue weighted by atomic mass is 16.1. The molecule has 6 N–H and O–H groups in total. The molecule has 0 radical (unpaired) electrons. The Morgan fingerprint density at radius 2 is 2.17 bits per heavy atom. The van der Waals surface area contributed by atoms with Crippen LogP contribution >= 0.6 is 0 Å². The van der Waals surface area contributed by atoms with Gasteiger partial charge in [-0.1, -0.05) is 12.1 Å². The van der Waals surface area contributed by atoms with Crippen molar-refractivity contribution in [1.82, 2.24) is 9.97 Å². The van der Waals surface area contributed by atoms with Gasteiger partial charge in [0.15, 0.2) is 0 Å². The average molecular weight is 312 g/mol. The minimum absolute atomic E-state index is 0.116. The summed E-state index contributed by atoms with van der Waals surface area (Å²) in [6.45, 7) is 2.51. The van der Waals surface area contributed by atoms with Gasteiger partial charge in [-0.05, 0) is 37.5 Å². The number of nitrogens with zero attached hydrogens (tertiary/aromatic N) is 2. The van der Waals surface area contributed by atoms with Gasteiger partial charge in [0, 0.05) is 18.4 Å². The van der Waals surface area contributed by atoms with Crippen LogP contribution in [0.3, 0.4) is 0 Å². The minimum Gasteiger partial charge on any atom is -0.365 e. The van der Waals surface area contributed by atoms with Crippen LogP contribution in [0.1, 0.15) is 28.8 Å². The Balaban J connectivity index is 1.90. The zero-order valence-electron chi connectivity index (χ0n) is 13.0. The van der Waals surface area contributed by atoms with Crippen LogP contribution in [0.4, 0.5) is 17.5 Å². The molecule has 0 atom stereocenters. The van der Waals surface area contributed by atoms with Crippen molar-refractivity contribution in [2.24, 2.45) is 11.5 Å². The number of rotatable bonds is 6. The number of carbonyl (C=O) groups is 1. The lowest BCUT2D eigenvalue weighted by atomic mass is 10.2. The van der Waals surface area contributed by atoms with Gasteiger partial charge in [-0.25, -0.2) is 4.98 Å². The third-order valence-corrected chi connectivity index (χ3v) is 3.96. The number of anilines is 3. The molecular formula is C16H20N6O. The number of benzene rings is 1. The monoisotopic (exact) mass is 312 g/mol. The van der Waals surface area contributed by atoms with Crippen LogP contribution in [0.25, 0.3) is 0 Å². The molecule has 0 aliphatic heterocycles. The van der Waals surface area contributed by atoms with Crippen molar-refractivity contribution < 1.29 is 4.79 Å². The molecule has 0 bridgehead atoms. The van der Waals surface area contributed by atoms with Crippen LogP contribution in [-0.4, -0.2) is 28.0 Å². The van der Waals surface area contributed by atoms with Crippen LogP contribution in [-0.2, 0) is 0 Å². The van der Waals surface area contributed by atoms with Gasteiger partial charge in [0.05, 0.1) is 5.54 Å². The van der Waals surface area contributed by atoms with E-state index in [2.05, 4.69) is 20.6 Å². The van der Waals surface area contributed by atoms with Crippen molar-refractivity contribution in [1.29, 1.82) is 0 Å². The molecule has 1 aromatic carbocycles. The number of carbonyl (C=O) groups excluding carboxylic acids is 1. The van der Waals surface area contributed by atoms with Crippen molar-refractivity contribution >= 4 is 23.4 Å². The predicted molar refractivity (Wildman–Crippen MR) is 89.7 cm³/mol. The second-order valence-electron chi connectivity index (χ2n) is 5.92. The smallest absolute Gasteiger partial charge is 0.254 e. The van der Waals surface area contributed by atoms with Gasteiger partial charge >= 0.3 is 0 Å². The zero-order chi connectivity index (χ0) is 16.4. The fourth-order valence-electron chi connectivity index (χ4n) is 2.35. The third-order valence-electron chi connectivity index (χ3n) is 3.96. The van der Waals surface area contributed by atoms with Crippen LogP contribution in [0.5, 0.6) is 0 Å². The topological polar surface area (TPSA) is 119 Å². The van der Waals surface area contributed by atoms with Gasteiger partial charge in [-0.3, -0.25) is 4.79 Å². The molecule has 3 rings (SSSR count). The molecule has 120 valence electrons. The number of nitrogens with one attached hydrogen (secondary N) is 2. The molecule has 1 amide bonds. The SMILES string of the molecule is Cc1cccc(Nc2nc(NC3(CN)CC3)ncc2C(N)=O)c1. The summed E-state index contributed by atoms with van der Waals surface area (Å²) in [6.07, 6.45) is 3.42. The number of primary amides is 1. The number of aromatic nitrogens is 2.